The number of carboxylic acid groups (broad SMARTS) is 1. The van der Waals surface area contributed by atoms with Gasteiger partial charge in [0.2, 0.25) is 0 Å². The van der Waals surface area contributed by atoms with E-state index in [2.05, 4.69) is 5.32 Å². The molecule has 8 heteroatoms. The molecule has 1 aromatic rings. The number of carbonyl (C=O) groups is 2. The second-order valence-electron chi connectivity index (χ2n) is 4.82. The predicted octanol–water partition coefficient (Wildman–Crippen LogP) is 2.48. The summed E-state index contributed by atoms with van der Waals surface area (Å²) in [7, 11) is 0. The highest BCUT2D eigenvalue weighted by molar-refractivity contribution is 6.31. The number of hydrogen-bond donors (Lipinski definition) is 2. The normalized spacial score (nSPS) is 13.3. The summed E-state index contributed by atoms with van der Waals surface area (Å²) in [6.45, 7) is 3.03. The van der Waals surface area contributed by atoms with Gasteiger partial charge in [-0.15, -0.1) is 0 Å². The SMILES string of the molecule is CCC(C)(CNC(=O)c1cc(Cl)ccc1[N+](=O)[O-])C(=O)O. The Morgan fingerprint density at radius 1 is 1.48 bits per heavy atom. The van der Waals surface area contributed by atoms with Crippen LogP contribution in [0.5, 0.6) is 0 Å². The molecule has 0 heterocycles. The zero-order valence-corrected chi connectivity index (χ0v) is 12.3. The first-order valence-electron chi connectivity index (χ1n) is 6.17. The standard InChI is InChI=1S/C13H15ClN2O5/c1-3-13(2,12(18)19)7-15-11(17)9-6-8(14)4-5-10(9)16(20)21/h4-6H,3,7H2,1-2H3,(H,15,17)(H,18,19). The summed E-state index contributed by atoms with van der Waals surface area (Å²) in [5, 5.41) is 22.6. The molecule has 0 saturated carbocycles. The van der Waals surface area contributed by atoms with Crippen LogP contribution in [0.3, 0.4) is 0 Å². The summed E-state index contributed by atoms with van der Waals surface area (Å²) in [6.07, 6.45) is 0.306. The molecule has 0 saturated heterocycles. The zero-order valence-electron chi connectivity index (χ0n) is 11.6. The molecule has 1 rings (SSSR count). The van der Waals surface area contributed by atoms with Crippen LogP contribution in [0.2, 0.25) is 5.02 Å². The van der Waals surface area contributed by atoms with E-state index in [-0.39, 0.29) is 22.8 Å². The molecule has 114 valence electrons. The summed E-state index contributed by atoms with van der Waals surface area (Å²) < 4.78 is 0. The van der Waals surface area contributed by atoms with Crippen molar-refractivity contribution < 1.29 is 19.6 Å². The van der Waals surface area contributed by atoms with Crippen molar-refractivity contribution in [3.63, 3.8) is 0 Å². The van der Waals surface area contributed by atoms with Gasteiger partial charge in [-0.3, -0.25) is 19.7 Å². The van der Waals surface area contributed by atoms with Crippen LogP contribution in [0.4, 0.5) is 5.69 Å². The second kappa shape index (κ2) is 6.53. The van der Waals surface area contributed by atoms with Gasteiger partial charge in [0.1, 0.15) is 5.56 Å². The van der Waals surface area contributed by atoms with Crippen molar-refractivity contribution in [2.24, 2.45) is 5.41 Å². The number of nitrogens with zero attached hydrogens (tertiary/aromatic N) is 1. The fraction of sp³-hybridized carbons (Fsp3) is 0.385. The minimum atomic E-state index is -1.14. The summed E-state index contributed by atoms with van der Waals surface area (Å²) in [5.41, 5.74) is -1.72. The lowest BCUT2D eigenvalue weighted by molar-refractivity contribution is -0.385. The number of nitro benzene ring substituents is 1. The molecule has 0 fully saturated rings. The predicted molar refractivity (Wildman–Crippen MR) is 76.5 cm³/mol. The average molecular weight is 315 g/mol. The van der Waals surface area contributed by atoms with Crippen LogP contribution >= 0.6 is 11.6 Å². The first kappa shape index (κ1) is 16.9. The molecule has 0 radical (unpaired) electrons. The van der Waals surface area contributed by atoms with Crippen molar-refractivity contribution >= 4 is 29.2 Å². The van der Waals surface area contributed by atoms with Gasteiger partial charge in [-0.25, -0.2) is 0 Å². The van der Waals surface area contributed by atoms with Crippen molar-refractivity contribution in [3.05, 3.63) is 38.9 Å². The maximum atomic E-state index is 12.0. The molecule has 7 nitrogen and oxygen atoms in total. The summed E-state index contributed by atoms with van der Waals surface area (Å²) in [4.78, 5) is 33.4. The Kier molecular flexibility index (Phi) is 5.26. The Morgan fingerprint density at radius 2 is 2.10 bits per heavy atom. The van der Waals surface area contributed by atoms with E-state index in [9.17, 15) is 19.7 Å². The van der Waals surface area contributed by atoms with Crippen LogP contribution in [0.25, 0.3) is 0 Å². The molecule has 1 amide bonds. The molecule has 0 aliphatic carbocycles. The largest absolute Gasteiger partial charge is 0.481 e. The Hall–Kier alpha value is -2.15. The van der Waals surface area contributed by atoms with Gasteiger partial charge < -0.3 is 10.4 Å². The van der Waals surface area contributed by atoms with Crippen LogP contribution in [-0.2, 0) is 4.79 Å². The number of amides is 1. The zero-order chi connectivity index (χ0) is 16.2. The molecule has 0 aliphatic heterocycles. The van der Waals surface area contributed by atoms with Crippen LogP contribution < -0.4 is 5.32 Å². The van der Waals surface area contributed by atoms with Crippen molar-refractivity contribution in [3.8, 4) is 0 Å². The Bertz CT molecular complexity index is 590. The number of halogens is 1. The average Bonchev–Trinajstić information content (AvgIpc) is 2.43. The van der Waals surface area contributed by atoms with Crippen LogP contribution in [0, 0.1) is 15.5 Å². The molecular formula is C13H15ClN2O5. The van der Waals surface area contributed by atoms with E-state index >= 15 is 0 Å². The molecule has 2 N–H and O–H groups in total. The number of carbonyl (C=O) groups excluding carboxylic acids is 1. The van der Waals surface area contributed by atoms with E-state index < -0.39 is 22.2 Å². The van der Waals surface area contributed by atoms with Crippen molar-refractivity contribution in [2.45, 2.75) is 20.3 Å². The maximum absolute atomic E-state index is 12.0. The van der Waals surface area contributed by atoms with Crippen LogP contribution in [-0.4, -0.2) is 28.5 Å². The third-order valence-electron chi connectivity index (χ3n) is 3.34. The molecule has 21 heavy (non-hydrogen) atoms. The fourth-order valence-electron chi connectivity index (χ4n) is 1.57. The first-order chi connectivity index (χ1) is 9.71. The molecule has 1 atom stereocenters. The molecule has 0 aliphatic rings. The van der Waals surface area contributed by atoms with Crippen molar-refractivity contribution in [2.75, 3.05) is 6.54 Å². The third-order valence-corrected chi connectivity index (χ3v) is 3.57. The van der Waals surface area contributed by atoms with Gasteiger partial charge in [0.25, 0.3) is 11.6 Å². The lowest BCUT2D eigenvalue weighted by Crippen LogP contribution is -2.40. The van der Waals surface area contributed by atoms with Crippen LogP contribution in [0.15, 0.2) is 18.2 Å². The number of aliphatic carboxylic acids is 1. The van der Waals surface area contributed by atoms with Crippen molar-refractivity contribution in [1.82, 2.24) is 5.32 Å². The summed E-state index contributed by atoms with van der Waals surface area (Å²) in [6, 6.07) is 3.62. The maximum Gasteiger partial charge on any atom is 0.311 e. The van der Waals surface area contributed by atoms with Crippen molar-refractivity contribution in [1.29, 1.82) is 0 Å². The Balaban J connectivity index is 2.98. The molecule has 0 aromatic heterocycles. The van der Waals surface area contributed by atoms with Crippen LogP contribution in [0.1, 0.15) is 30.6 Å². The molecule has 0 bridgehead atoms. The molecule has 1 aromatic carbocycles. The van der Waals surface area contributed by atoms with Gasteiger partial charge >= 0.3 is 5.97 Å². The molecule has 0 spiro atoms. The topological polar surface area (TPSA) is 110 Å². The first-order valence-corrected chi connectivity index (χ1v) is 6.54. The van der Waals surface area contributed by atoms with E-state index in [1.165, 1.54) is 19.1 Å². The number of carboxylic acids is 1. The van der Waals surface area contributed by atoms with E-state index in [1.54, 1.807) is 6.92 Å². The third kappa shape index (κ3) is 3.91. The van der Waals surface area contributed by atoms with E-state index in [0.717, 1.165) is 6.07 Å². The molecule has 1 unspecified atom stereocenters. The van der Waals surface area contributed by atoms with Gasteiger partial charge in [-0.05, 0) is 25.5 Å². The summed E-state index contributed by atoms with van der Waals surface area (Å²) >= 11 is 5.74. The number of rotatable bonds is 6. The number of hydrogen-bond acceptors (Lipinski definition) is 4. The monoisotopic (exact) mass is 314 g/mol. The van der Waals surface area contributed by atoms with E-state index in [0.29, 0.717) is 6.42 Å². The Labute approximate surface area is 126 Å². The minimum Gasteiger partial charge on any atom is -0.481 e. The highest BCUT2D eigenvalue weighted by Crippen LogP contribution is 2.24. The quantitative estimate of drug-likeness (QED) is 0.619. The minimum absolute atomic E-state index is 0.138. The number of nitro groups is 1. The van der Waals surface area contributed by atoms with Gasteiger partial charge in [-0.2, -0.15) is 0 Å². The second-order valence-corrected chi connectivity index (χ2v) is 5.26. The smallest absolute Gasteiger partial charge is 0.311 e. The lowest BCUT2D eigenvalue weighted by Gasteiger charge is -2.23. The highest BCUT2D eigenvalue weighted by Gasteiger charge is 2.32. The van der Waals surface area contributed by atoms with Gasteiger partial charge in [0.05, 0.1) is 10.3 Å². The number of nitrogens with one attached hydrogen (secondary N) is 1. The fourth-order valence-corrected chi connectivity index (χ4v) is 1.74. The van der Waals surface area contributed by atoms with Gasteiger partial charge in [0, 0.05) is 17.6 Å². The molecular weight excluding hydrogens is 300 g/mol. The summed E-state index contributed by atoms with van der Waals surface area (Å²) in [5.74, 6) is -1.78. The van der Waals surface area contributed by atoms with Gasteiger partial charge in [-0.1, -0.05) is 18.5 Å². The van der Waals surface area contributed by atoms with E-state index in [1.807, 2.05) is 0 Å². The van der Waals surface area contributed by atoms with Gasteiger partial charge in [0.15, 0.2) is 0 Å². The lowest BCUT2D eigenvalue weighted by atomic mass is 9.87. The highest BCUT2D eigenvalue weighted by atomic mass is 35.5. The Morgan fingerprint density at radius 3 is 2.57 bits per heavy atom. The number of benzene rings is 1. The van der Waals surface area contributed by atoms with E-state index in [4.69, 9.17) is 16.7 Å².